The number of hydrogen-bond donors (Lipinski definition) is 2. The zero-order valence-electron chi connectivity index (χ0n) is 11.9. The summed E-state index contributed by atoms with van der Waals surface area (Å²) in [5, 5.41) is 12.5. The van der Waals surface area contributed by atoms with Gasteiger partial charge in [0.25, 0.3) is 5.91 Å². The number of piperidine rings is 1. The molecule has 1 aliphatic rings. The third-order valence-corrected chi connectivity index (χ3v) is 4.23. The summed E-state index contributed by atoms with van der Waals surface area (Å²) in [7, 11) is 0. The number of carbonyl (C=O) groups is 2. The topological polar surface area (TPSA) is 69.6 Å². The van der Waals surface area contributed by atoms with Gasteiger partial charge in [-0.3, -0.25) is 9.59 Å². The van der Waals surface area contributed by atoms with Gasteiger partial charge in [-0.25, -0.2) is 0 Å². The van der Waals surface area contributed by atoms with E-state index in [9.17, 15) is 14.7 Å². The SMILES string of the molecule is CC1(O)CCN(C(=O)CNC(=O)c2ccc(Br)cc2)CC1. The normalized spacial score (nSPS) is 17.4. The summed E-state index contributed by atoms with van der Waals surface area (Å²) in [6.45, 7) is 2.82. The van der Waals surface area contributed by atoms with Crippen molar-refractivity contribution in [2.45, 2.75) is 25.4 Å². The lowest BCUT2D eigenvalue weighted by molar-refractivity contribution is -0.133. The molecule has 1 fully saturated rings. The predicted octanol–water partition coefficient (Wildman–Crippen LogP) is 1.55. The van der Waals surface area contributed by atoms with Crippen LogP contribution in [0.5, 0.6) is 0 Å². The first-order valence-corrected chi connectivity index (χ1v) is 7.71. The molecular formula is C15H19BrN2O3. The monoisotopic (exact) mass is 354 g/mol. The summed E-state index contributed by atoms with van der Waals surface area (Å²) in [4.78, 5) is 25.6. The molecule has 114 valence electrons. The fourth-order valence-electron chi connectivity index (χ4n) is 2.21. The Morgan fingerprint density at radius 3 is 2.43 bits per heavy atom. The van der Waals surface area contributed by atoms with Crippen LogP contribution in [0, 0.1) is 0 Å². The fraction of sp³-hybridized carbons (Fsp3) is 0.467. The molecule has 5 nitrogen and oxygen atoms in total. The number of nitrogens with zero attached hydrogens (tertiary/aromatic N) is 1. The summed E-state index contributed by atoms with van der Waals surface area (Å²) in [6.07, 6.45) is 1.14. The lowest BCUT2D eigenvalue weighted by atomic mass is 9.94. The van der Waals surface area contributed by atoms with Gasteiger partial charge in [0.1, 0.15) is 0 Å². The van der Waals surface area contributed by atoms with Crippen molar-refractivity contribution in [3.63, 3.8) is 0 Å². The third-order valence-electron chi connectivity index (χ3n) is 3.70. The molecular weight excluding hydrogens is 336 g/mol. The average Bonchev–Trinajstić information content (AvgIpc) is 2.45. The number of likely N-dealkylation sites (tertiary alicyclic amines) is 1. The fourth-order valence-corrected chi connectivity index (χ4v) is 2.47. The molecule has 1 saturated heterocycles. The van der Waals surface area contributed by atoms with Gasteiger partial charge in [-0.1, -0.05) is 15.9 Å². The molecule has 0 spiro atoms. The van der Waals surface area contributed by atoms with E-state index in [-0.39, 0.29) is 18.4 Å². The molecule has 0 saturated carbocycles. The van der Waals surface area contributed by atoms with E-state index in [1.165, 1.54) is 0 Å². The Balaban J connectivity index is 1.81. The van der Waals surface area contributed by atoms with Crippen molar-refractivity contribution in [3.05, 3.63) is 34.3 Å². The van der Waals surface area contributed by atoms with E-state index in [1.54, 1.807) is 36.1 Å². The Hall–Kier alpha value is -1.40. The van der Waals surface area contributed by atoms with E-state index >= 15 is 0 Å². The number of nitrogens with one attached hydrogen (secondary N) is 1. The highest BCUT2D eigenvalue weighted by atomic mass is 79.9. The largest absolute Gasteiger partial charge is 0.390 e. The lowest BCUT2D eigenvalue weighted by Crippen LogP contribution is -2.48. The first kappa shape index (κ1) is 16.0. The summed E-state index contributed by atoms with van der Waals surface area (Å²) in [6, 6.07) is 6.96. The van der Waals surface area contributed by atoms with Crippen LogP contribution in [0.25, 0.3) is 0 Å². The van der Waals surface area contributed by atoms with Crippen LogP contribution in [-0.2, 0) is 4.79 Å². The molecule has 2 N–H and O–H groups in total. The van der Waals surface area contributed by atoms with Crippen molar-refractivity contribution in [3.8, 4) is 0 Å². The Morgan fingerprint density at radius 1 is 1.29 bits per heavy atom. The molecule has 2 amide bonds. The molecule has 6 heteroatoms. The molecule has 1 aromatic rings. The number of carbonyl (C=O) groups excluding carboxylic acids is 2. The Morgan fingerprint density at radius 2 is 1.86 bits per heavy atom. The van der Waals surface area contributed by atoms with E-state index in [0.29, 0.717) is 31.5 Å². The van der Waals surface area contributed by atoms with Gasteiger partial charge in [0, 0.05) is 23.1 Å². The second-order valence-electron chi connectivity index (χ2n) is 5.57. The second-order valence-corrected chi connectivity index (χ2v) is 6.48. The average molecular weight is 355 g/mol. The molecule has 0 atom stereocenters. The Labute approximate surface area is 132 Å². The van der Waals surface area contributed by atoms with Crippen LogP contribution in [0.3, 0.4) is 0 Å². The maximum Gasteiger partial charge on any atom is 0.251 e. The summed E-state index contributed by atoms with van der Waals surface area (Å²) in [5.41, 5.74) is -0.162. The number of hydrogen-bond acceptors (Lipinski definition) is 3. The molecule has 0 bridgehead atoms. The van der Waals surface area contributed by atoms with Crippen molar-refractivity contribution in [1.82, 2.24) is 10.2 Å². The second kappa shape index (κ2) is 6.58. The highest BCUT2D eigenvalue weighted by Crippen LogP contribution is 2.20. The van der Waals surface area contributed by atoms with Gasteiger partial charge in [0.15, 0.2) is 0 Å². The van der Waals surface area contributed by atoms with E-state index in [2.05, 4.69) is 21.2 Å². The number of amides is 2. The van der Waals surface area contributed by atoms with Gasteiger partial charge >= 0.3 is 0 Å². The first-order chi connectivity index (χ1) is 9.87. The molecule has 1 aromatic carbocycles. The smallest absolute Gasteiger partial charge is 0.251 e. The highest BCUT2D eigenvalue weighted by molar-refractivity contribution is 9.10. The van der Waals surface area contributed by atoms with Crippen LogP contribution in [0.15, 0.2) is 28.7 Å². The van der Waals surface area contributed by atoms with Gasteiger partial charge in [-0.05, 0) is 44.0 Å². The van der Waals surface area contributed by atoms with Crippen molar-refractivity contribution in [1.29, 1.82) is 0 Å². The van der Waals surface area contributed by atoms with Crippen molar-refractivity contribution in [2.24, 2.45) is 0 Å². The van der Waals surface area contributed by atoms with Gasteiger partial charge in [0.2, 0.25) is 5.91 Å². The molecule has 0 unspecified atom stereocenters. The number of halogens is 1. The van der Waals surface area contributed by atoms with Gasteiger partial charge in [-0.15, -0.1) is 0 Å². The molecule has 1 aliphatic heterocycles. The van der Waals surface area contributed by atoms with E-state index < -0.39 is 5.60 Å². The Kier molecular flexibility index (Phi) is 5.00. The van der Waals surface area contributed by atoms with Crippen LogP contribution in [-0.4, -0.2) is 47.1 Å². The number of benzene rings is 1. The minimum absolute atomic E-state index is 0.0168. The number of rotatable bonds is 3. The first-order valence-electron chi connectivity index (χ1n) is 6.91. The summed E-state index contributed by atoms with van der Waals surface area (Å²) >= 11 is 3.31. The van der Waals surface area contributed by atoms with Crippen molar-refractivity contribution < 1.29 is 14.7 Å². The van der Waals surface area contributed by atoms with Gasteiger partial charge in [-0.2, -0.15) is 0 Å². The molecule has 1 heterocycles. The maximum absolute atomic E-state index is 12.0. The third kappa shape index (κ3) is 4.54. The molecule has 21 heavy (non-hydrogen) atoms. The van der Waals surface area contributed by atoms with E-state index in [4.69, 9.17) is 0 Å². The van der Waals surface area contributed by atoms with Crippen LogP contribution >= 0.6 is 15.9 Å². The molecule has 0 aliphatic carbocycles. The minimum Gasteiger partial charge on any atom is -0.390 e. The van der Waals surface area contributed by atoms with Gasteiger partial charge in [0.05, 0.1) is 12.1 Å². The van der Waals surface area contributed by atoms with Crippen molar-refractivity contribution >= 4 is 27.7 Å². The quantitative estimate of drug-likeness (QED) is 0.865. The van der Waals surface area contributed by atoms with Crippen molar-refractivity contribution in [2.75, 3.05) is 19.6 Å². The van der Waals surface area contributed by atoms with Crippen LogP contribution in [0.4, 0.5) is 0 Å². The molecule has 2 rings (SSSR count). The van der Waals surface area contributed by atoms with E-state index in [0.717, 1.165) is 4.47 Å². The van der Waals surface area contributed by atoms with Gasteiger partial charge < -0.3 is 15.3 Å². The Bertz CT molecular complexity index is 518. The standard InChI is InChI=1S/C15H19BrN2O3/c1-15(21)6-8-18(9-7-15)13(19)10-17-14(20)11-2-4-12(16)5-3-11/h2-5,21H,6-10H2,1H3,(H,17,20). The number of aliphatic hydroxyl groups is 1. The predicted molar refractivity (Wildman–Crippen MR) is 82.9 cm³/mol. The molecule has 0 aromatic heterocycles. The lowest BCUT2D eigenvalue weighted by Gasteiger charge is -2.35. The van der Waals surface area contributed by atoms with Crippen LogP contribution < -0.4 is 5.32 Å². The van der Waals surface area contributed by atoms with Crippen LogP contribution in [0.2, 0.25) is 0 Å². The summed E-state index contributed by atoms with van der Waals surface area (Å²) < 4.78 is 0.899. The highest BCUT2D eigenvalue weighted by Gasteiger charge is 2.29. The zero-order chi connectivity index (χ0) is 15.5. The maximum atomic E-state index is 12.0. The van der Waals surface area contributed by atoms with E-state index in [1.807, 2.05) is 0 Å². The van der Waals surface area contributed by atoms with Crippen LogP contribution in [0.1, 0.15) is 30.1 Å². The summed E-state index contributed by atoms with van der Waals surface area (Å²) in [5.74, 6) is -0.379. The minimum atomic E-state index is -0.683. The molecule has 0 radical (unpaired) electrons. The zero-order valence-corrected chi connectivity index (χ0v) is 13.5.